The van der Waals surface area contributed by atoms with E-state index in [2.05, 4.69) is 29.8 Å². The molecule has 0 spiro atoms. The van der Waals surface area contributed by atoms with Crippen molar-refractivity contribution in [3.05, 3.63) is 65.7 Å². The summed E-state index contributed by atoms with van der Waals surface area (Å²) >= 11 is 0. The first kappa shape index (κ1) is 37.5. The Morgan fingerprint density at radius 3 is 2.07 bits per heavy atom. The molecule has 2 unspecified atom stereocenters. The normalized spacial score (nSPS) is 15.0. The van der Waals surface area contributed by atoms with Gasteiger partial charge in [0.15, 0.2) is 0 Å². The summed E-state index contributed by atoms with van der Waals surface area (Å²) in [6, 6.07) is 17.6. The lowest BCUT2D eigenvalue weighted by atomic mass is 10.0. The second-order valence-electron chi connectivity index (χ2n) is 12.5. The van der Waals surface area contributed by atoms with E-state index in [4.69, 9.17) is 4.74 Å². The number of ether oxygens (including phenoxy) is 1. The zero-order valence-corrected chi connectivity index (χ0v) is 27.6. The van der Waals surface area contributed by atoms with Gasteiger partial charge in [0, 0.05) is 31.2 Å². The highest BCUT2D eigenvalue weighted by molar-refractivity contribution is 5.85. The molecule has 236 valence electrons. The molecule has 0 saturated carbocycles. The summed E-state index contributed by atoms with van der Waals surface area (Å²) in [6.45, 7) is 13.0. The highest BCUT2D eigenvalue weighted by Gasteiger charge is 2.26. The predicted octanol–water partition coefficient (Wildman–Crippen LogP) is 6.52. The first-order valence-corrected chi connectivity index (χ1v) is 15.0. The van der Waals surface area contributed by atoms with Crippen molar-refractivity contribution in [2.45, 2.75) is 97.4 Å². The van der Waals surface area contributed by atoms with E-state index in [1.165, 1.54) is 12.8 Å². The summed E-state index contributed by atoms with van der Waals surface area (Å²) in [5.41, 5.74) is 1.82. The SMILES string of the molecule is CC(C)CC(CNC(Cc1ccc(OCc2ccccc2)cc1)C(=O)NC(C)(C)C)NC(=O)N1CCCCCC1.Cl.Cl. The monoisotopic (exact) mass is 622 g/mol. The first-order chi connectivity index (χ1) is 19.1. The first-order valence-electron chi connectivity index (χ1n) is 15.0. The van der Waals surface area contributed by atoms with E-state index in [-0.39, 0.29) is 48.3 Å². The van der Waals surface area contributed by atoms with Crippen LogP contribution in [0.3, 0.4) is 0 Å². The Hall–Kier alpha value is -2.48. The third-order valence-corrected chi connectivity index (χ3v) is 7.01. The van der Waals surface area contributed by atoms with Crippen LogP contribution in [0.2, 0.25) is 0 Å². The van der Waals surface area contributed by atoms with E-state index >= 15 is 0 Å². The van der Waals surface area contributed by atoms with Crippen molar-refractivity contribution >= 4 is 36.8 Å². The smallest absolute Gasteiger partial charge is 0.317 e. The van der Waals surface area contributed by atoms with Gasteiger partial charge in [0.05, 0.1) is 6.04 Å². The maximum absolute atomic E-state index is 13.3. The Morgan fingerprint density at radius 1 is 0.881 bits per heavy atom. The minimum absolute atomic E-state index is 0. The Kier molecular flexibility index (Phi) is 16.9. The van der Waals surface area contributed by atoms with E-state index in [1.807, 2.05) is 80.3 Å². The summed E-state index contributed by atoms with van der Waals surface area (Å²) in [4.78, 5) is 28.4. The summed E-state index contributed by atoms with van der Waals surface area (Å²) in [6.07, 6.45) is 5.87. The lowest BCUT2D eigenvalue weighted by Crippen LogP contribution is -2.55. The minimum atomic E-state index is -0.430. The summed E-state index contributed by atoms with van der Waals surface area (Å²) < 4.78 is 5.94. The molecule has 3 N–H and O–H groups in total. The molecular formula is C33H52Cl2N4O3. The van der Waals surface area contributed by atoms with Crippen LogP contribution < -0.4 is 20.7 Å². The third-order valence-electron chi connectivity index (χ3n) is 7.01. The number of rotatable bonds is 12. The Balaban J connectivity index is 0.00000441. The molecule has 1 aliphatic heterocycles. The standard InChI is InChI=1S/C33H50N4O3.2ClH/c1-25(2)21-28(35-32(39)37-19-11-6-7-12-20-37)23-34-30(31(38)36-33(3,4)5)22-26-15-17-29(18-16-26)40-24-27-13-9-8-10-14-27;;/h8-10,13-18,25,28,30,34H,6-7,11-12,19-24H2,1-5H3,(H,35,39)(H,36,38);2*1H. The molecule has 9 heteroatoms. The molecule has 0 aliphatic carbocycles. The van der Waals surface area contributed by atoms with Crippen molar-refractivity contribution in [1.82, 2.24) is 20.9 Å². The van der Waals surface area contributed by atoms with Gasteiger partial charge < -0.3 is 25.6 Å². The lowest BCUT2D eigenvalue weighted by molar-refractivity contribution is -0.124. The van der Waals surface area contributed by atoms with Crippen LogP contribution in [0.15, 0.2) is 54.6 Å². The number of nitrogens with zero attached hydrogens (tertiary/aromatic N) is 1. The molecule has 3 amide bonds. The summed E-state index contributed by atoms with van der Waals surface area (Å²) in [5.74, 6) is 1.17. The number of halogens is 2. The van der Waals surface area contributed by atoms with E-state index < -0.39 is 6.04 Å². The van der Waals surface area contributed by atoms with E-state index in [1.54, 1.807) is 0 Å². The predicted molar refractivity (Wildman–Crippen MR) is 177 cm³/mol. The van der Waals surface area contributed by atoms with Crippen molar-refractivity contribution in [3.63, 3.8) is 0 Å². The number of likely N-dealkylation sites (tertiary alicyclic amines) is 1. The Morgan fingerprint density at radius 2 is 1.50 bits per heavy atom. The molecule has 0 radical (unpaired) electrons. The molecule has 2 atom stereocenters. The number of hydrogen-bond acceptors (Lipinski definition) is 4. The van der Waals surface area contributed by atoms with Crippen LogP contribution in [0, 0.1) is 5.92 Å². The highest BCUT2D eigenvalue weighted by Crippen LogP contribution is 2.16. The number of hydrogen-bond donors (Lipinski definition) is 3. The number of nitrogens with one attached hydrogen (secondary N) is 3. The Labute approximate surface area is 265 Å². The van der Waals surface area contributed by atoms with Crippen molar-refractivity contribution in [1.29, 1.82) is 0 Å². The van der Waals surface area contributed by atoms with Gasteiger partial charge in [-0.25, -0.2) is 4.79 Å². The summed E-state index contributed by atoms with van der Waals surface area (Å²) in [5, 5.41) is 9.90. The van der Waals surface area contributed by atoms with Crippen molar-refractivity contribution in [2.75, 3.05) is 19.6 Å². The van der Waals surface area contributed by atoms with E-state index in [9.17, 15) is 9.59 Å². The second kappa shape index (κ2) is 18.9. The quantitative estimate of drug-likeness (QED) is 0.251. The largest absolute Gasteiger partial charge is 0.489 e. The number of carbonyl (C=O) groups excluding carboxylic acids is 2. The third kappa shape index (κ3) is 14.1. The van der Waals surface area contributed by atoms with Crippen LogP contribution in [0.25, 0.3) is 0 Å². The van der Waals surface area contributed by atoms with Crippen LogP contribution in [-0.2, 0) is 17.8 Å². The fraction of sp³-hybridized carbons (Fsp3) is 0.576. The van der Waals surface area contributed by atoms with Crippen LogP contribution in [0.5, 0.6) is 5.75 Å². The molecule has 3 rings (SSSR count). The highest BCUT2D eigenvalue weighted by atomic mass is 35.5. The Bertz CT molecular complexity index is 1040. The van der Waals surface area contributed by atoms with Crippen LogP contribution in [-0.4, -0.2) is 54.1 Å². The maximum Gasteiger partial charge on any atom is 0.317 e. The van der Waals surface area contributed by atoms with Gasteiger partial charge >= 0.3 is 6.03 Å². The molecule has 1 aliphatic rings. The molecular weight excluding hydrogens is 571 g/mol. The second-order valence-corrected chi connectivity index (χ2v) is 12.5. The number of amides is 3. The number of urea groups is 1. The van der Waals surface area contributed by atoms with Gasteiger partial charge in [-0.3, -0.25) is 4.79 Å². The fourth-order valence-corrected chi connectivity index (χ4v) is 5.00. The van der Waals surface area contributed by atoms with Gasteiger partial charge in [0.2, 0.25) is 5.91 Å². The molecule has 1 fully saturated rings. The van der Waals surface area contributed by atoms with Gasteiger partial charge in [-0.1, -0.05) is 69.2 Å². The van der Waals surface area contributed by atoms with Gasteiger partial charge in [-0.15, -0.1) is 24.8 Å². The molecule has 7 nitrogen and oxygen atoms in total. The fourth-order valence-electron chi connectivity index (χ4n) is 5.00. The van der Waals surface area contributed by atoms with Crippen molar-refractivity contribution in [2.24, 2.45) is 5.92 Å². The topological polar surface area (TPSA) is 82.7 Å². The average molecular weight is 624 g/mol. The minimum Gasteiger partial charge on any atom is -0.489 e. The zero-order chi connectivity index (χ0) is 29.0. The van der Waals surface area contributed by atoms with Gasteiger partial charge in [0.25, 0.3) is 0 Å². The van der Waals surface area contributed by atoms with Crippen LogP contribution in [0.1, 0.15) is 77.8 Å². The molecule has 2 aromatic carbocycles. The zero-order valence-electron chi connectivity index (χ0n) is 26.0. The van der Waals surface area contributed by atoms with E-state index in [0.717, 1.165) is 49.2 Å². The van der Waals surface area contributed by atoms with Gasteiger partial charge in [-0.05, 0) is 75.6 Å². The molecule has 0 bridgehead atoms. The van der Waals surface area contributed by atoms with E-state index in [0.29, 0.717) is 25.5 Å². The molecule has 1 saturated heterocycles. The van der Waals surface area contributed by atoms with Gasteiger partial charge in [0.1, 0.15) is 12.4 Å². The molecule has 42 heavy (non-hydrogen) atoms. The molecule has 0 aromatic heterocycles. The van der Waals surface area contributed by atoms with Crippen molar-refractivity contribution < 1.29 is 14.3 Å². The van der Waals surface area contributed by atoms with Gasteiger partial charge in [-0.2, -0.15) is 0 Å². The lowest BCUT2D eigenvalue weighted by Gasteiger charge is -2.29. The number of benzene rings is 2. The van der Waals surface area contributed by atoms with Crippen LogP contribution >= 0.6 is 24.8 Å². The van der Waals surface area contributed by atoms with Crippen LogP contribution in [0.4, 0.5) is 4.79 Å². The maximum atomic E-state index is 13.3. The average Bonchev–Trinajstić information content (AvgIpc) is 3.19. The molecule has 2 aromatic rings. The summed E-state index contributed by atoms with van der Waals surface area (Å²) in [7, 11) is 0. The van der Waals surface area contributed by atoms with Crippen molar-refractivity contribution in [3.8, 4) is 5.75 Å². The molecule has 1 heterocycles. The number of carbonyl (C=O) groups is 2.